The number of aromatic nitrogens is 2. The molecule has 0 aliphatic rings. The van der Waals surface area contributed by atoms with Gasteiger partial charge in [0.05, 0.1) is 11.2 Å². The van der Waals surface area contributed by atoms with E-state index in [1.165, 1.54) is 18.0 Å². The van der Waals surface area contributed by atoms with E-state index in [4.69, 9.17) is 11.6 Å². The number of hydrogen-bond donors (Lipinski definition) is 2. The van der Waals surface area contributed by atoms with E-state index in [1.54, 1.807) is 0 Å². The van der Waals surface area contributed by atoms with Crippen LogP contribution in [0.1, 0.15) is 47.4 Å². The number of nitrogens with zero attached hydrogens (tertiary/aromatic N) is 2. The normalized spacial score (nSPS) is 11.8. The number of halogens is 1. The summed E-state index contributed by atoms with van der Waals surface area (Å²) in [7, 11) is 0. The Balaban J connectivity index is 1.66. The predicted molar refractivity (Wildman–Crippen MR) is 137 cm³/mol. The van der Waals surface area contributed by atoms with Gasteiger partial charge in [0, 0.05) is 12.3 Å². The smallest absolute Gasteiger partial charge is 0.272 e. The molecule has 34 heavy (non-hydrogen) atoms. The molecule has 178 valence electrons. The van der Waals surface area contributed by atoms with Crippen molar-refractivity contribution in [3.8, 4) is 0 Å². The molecule has 0 bridgehead atoms. The monoisotopic (exact) mass is 496 g/mol. The molecular formula is C26H29ClN4O2S. The molecule has 0 fully saturated rings. The number of benzene rings is 2. The molecular weight excluding hydrogens is 468 g/mol. The predicted octanol–water partition coefficient (Wildman–Crippen LogP) is 5.19. The minimum atomic E-state index is -0.704. The van der Waals surface area contributed by atoms with Crippen LogP contribution in [-0.4, -0.2) is 27.8 Å². The van der Waals surface area contributed by atoms with Gasteiger partial charge in [-0.25, -0.2) is 9.97 Å². The highest BCUT2D eigenvalue weighted by Gasteiger charge is 2.24. The van der Waals surface area contributed by atoms with Gasteiger partial charge in [0.1, 0.15) is 6.04 Å². The van der Waals surface area contributed by atoms with Crippen molar-refractivity contribution in [2.24, 2.45) is 5.92 Å². The molecule has 2 aromatic carbocycles. The van der Waals surface area contributed by atoms with Gasteiger partial charge in [-0.15, -0.1) is 0 Å². The molecule has 1 atom stereocenters. The standard InChI is InChI=1S/C26H29ClN4O2S/c1-17(2)13-22(24(32)28-14-19-11-9-18(3)10-12-19)30-25(33)23-21(27)15-29-26(31-23)34-16-20-7-5-4-6-8-20/h4-12,15,17,22H,13-14,16H2,1-3H3,(H,28,32)(H,30,33)/t22-/m0/s1. The highest BCUT2D eigenvalue weighted by Crippen LogP contribution is 2.22. The summed E-state index contributed by atoms with van der Waals surface area (Å²) in [5.74, 6) is 0.130. The number of aryl methyl sites for hydroxylation is 1. The number of amides is 2. The van der Waals surface area contributed by atoms with E-state index in [0.717, 1.165) is 16.7 Å². The van der Waals surface area contributed by atoms with E-state index in [-0.39, 0.29) is 22.5 Å². The van der Waals surface area contributed by atoms with Gasteiger partial charge in [-0.3, -0.25) is 9.59 Å². The van der Waals surface area contributed by atoms with Gasteiger partial charge in [0.25, 0.3) is 5.91 Å². The number of hydrogen-bond acceptors (Lipinski definition) is 5. The fraction of sp³-hybridized carbons (Fsp3) is 0.308. The second kappa shape index (κ2) is 12.5. The summed E-state index contributed by atoms with van der Waals surface area (Å²) in [6, 6.07) is 17.2. The molecule has 6 nitrogen and oxygen atoms in total. The van der Waals surface area contributed by atoms with Gasteiger partial charge in [0.15, 0.2) is 10.9 Å². The lowest BCUT2D eigenvalue weighted by molar-refractivity contribution is -0.123. The molecule has 0 unspecified atom stereocenters. The van der Waals surface area contributed by atoms with Gasteiger partial charge in [-0.2, -0.15) is 0 Å². The van der Waals surface area contributed by atoms with E-state index in [0.29, 0.717) is 23.9 Å². The van der Waals surface area contributed by atoms with Crippen LogP contribution in [0.3, 0.4) is 0 Å². The van der Waals surface area contributed by atoms with Crippen molar-refractivity contribution in [2.45, 2.75) is 50.7 Å². The van der Waals surface area contributed by atoms with Crippen molar-refractivity contribution in [1.82, 2.24) is 20.6 Å². The minimum Gasteiger partial charge on any atom is -0.350 e. The van der Waals surface area contributed by atoms with Crippen LogP contribution in [0.2, 0.25) is 5.02 Å². The average Bonchev–Trinajstić information content (AvgIpc) is 2.83. The second-order valence-electron chi connectivity index (χ2n) is 8.48. The maximum Gasteiger partial charge on any atom is 0.272 e. The van der Waals surface area contributed by atoms with Crippen LogP contribution in [0.25, 0.3) is 0 Å². The summed E-state index contributed by atoms with van der Waals surface area (Å²) in [5.41, 5.74) is 3.34. The fourth-order valence-corrected chi connectivity index (χ4v) is 4.20. The van der Waals surface area contributed by atoms with Crippen LogP contribution in [0, 0.1) is 12.8 Å². The van der Waals surface area contributed by atoms with Gasteiger partial charge in [0.2, 0.25) is 5.91 Å². The van der Waals surface area contributed by atoms with Crippen molar-refractivity contribution in [1.29, 1.82) is 0 Å². The summed E-state index contributed by atoms with van der Waals surface area (Å²) in [6.45, 7) is 6.41. The first kappa shape index (κ1) is 25.7. The summed E-state index contributed by atoms with van der Waals surface area (Å²) < 4.78 is 0. The second-order valence-corrected chi connectivity index (χ2v) is 9.83. The highest BCUT2D eigenvalue weighted by atomic mass is 35.5. The lowest BCUT2D eigenvalue weighted by Gasteiger charge is -2.20. The van der Waals surface area contributed by atoms with Crippen LogP contribution in [0.4, 0.5) is 0 Å². The Morgan fingerprint density at radius 2 is 1.74 bits per heavy atom. The minimum absolute atomic E-state index is 0.0623. The Kier molecular flexibility index (Phi) is 9.48. The molecule has 0 aliphatic heterocycles. The molecule has 2 amide bonds. The first-order valence-electron chi connectivity index (χ1n) is 11.1. The van der Waals surface area contributed by atoms with Crippen LogP contribution in [0.15, 0.2) is 66.0 Å². The molecule has 8 heteroatoms. The van der Waals surface area contributed by atoms with E-state index in [2.05, 4.69) is 20.6 Å². The zero-order valence-electron chi connectivity index (χ0n) is 19.5. The van der Waals surface area contributed by atoms with Gasteiger partial charge >= 0.3 is 0 Å². The maximum atomic E-state index is 13.0. The molecule has 2 N–H and O–H groups in total. The molecule has 0 saturated heterocycles. The van der Waals surface area contributed by atoms with Crippen molar-refractivity contribution in [3.05, 3.63) is 88.2 Å². The highest BCUT2D eigenvalue weighted by molar-refractivity contribution is 7.98. The summed E-state index contributed by atoms with van der Waals surface area (Å²) in [5, 5.41) is 6.33. The van der Waals surface area contributed by atoms with Crippen LogP contribution >= 0.6 is 23.4 Å². The third kappa shape index (κ3) is 7.85. The van der Waals surface area contributed by atoms with Crippen molar-refractivity contribution in [3.63, 3.8) is 0 Å². The molecule has 3 aromatic rings. The summed E-state index contributed by atoms with van der Waals surface area (Å²) >= 11 is 7.65. The maximum absolute atomic E-state index is 13.0. The lowest BCUT2D eigenvalue weighted by atomic mass is 10.0. The van der Waals surface area contributed by atoms with Gasteiger partial charge < -0.3 is 10.6 Å². The third-order valence-corrected chi connectivity index (χ3v) is 6.27. The van der Waals surface area contributed by atoms with E-state index >= 15 is 0 Å². The number of carbonyl (C=O) groups is 2. The largest absolute Gasteiger partial charge is 0.350 e. The topological polar surface area (TPSA) is 84.0 Å². The Morgan fingerprint density at radius 1 is 1.03 bits per heavy atom. The first-order chi connectivity index (χ1) is 16.3. The molecule has 3 rings (SSSR count). The molecule has 1 heterocycles. The van der Waals surface area contributed by atoms with Crippen molar-refractivity contribution < 1.29 is 9.59 Å². The van der Waals surface area contributed by atoms with E-state index < -0.39 is 11.9 Å². The van der Waals surface area contributed by atoms with Crippen LogP contribution in [-0.2, 0) is 17.1 Å². The van der Waals surface area contributed by atoms with Gasteiger partial charge in [-0.05, 0) is 30.4 Å². The molecule has 0 saturated carbocycles. The Morgan fingerprint density at radius 3 is 2.41 bits per heavy atom. The van der Waals surface area contributed by atoms with Gasteiger partial charge in [-0.1, -0.05) is 97.4 Å². The van der Waals surface area contributed by atoms with Crippen LogP contribution in [0.5, 0.6) is 0 Å². The number of nitrogens with one attached hydrogen (secondary N) is 2. The zero-order valence-corrected chi connectivity index (χ0v) is 21.1. The molecule has 1 aromatic heterocycles. The summed E-state index contributed by atoms with van der Waals surface area (Å²) in [4.78, 5) is 34.5. The third-order valence-electron chi connectivity index (χ3n) is 5.06. The summed E-state index contributed by atoms with van der Waals surface area (Å²) in [6.07, 6.45) is 1.91. The number of rotatable bonds is 10. The molecule has 0 aliphatic carbocycles. The molecule has 0 spiro atoms. The zero-order chi connectivity index (χ0) is 24.5. The van der Waals surface area contributed by atoms with Crippen molar-refractivity contribution >= 4 is 35.2 Å². The SMILES string of the molecule is Cc1ccc(CNC(=O)[C@H](CC(C)C)NC(=O)c2nc(SCc3ccccc3)ncc2Cl)cc1. The lowest BCUT2D eigenvalue weighted by Crippen LogP contribution is -2.47. The van der Waals surface area contributed by atoms with Crippen LogP contribution < -0.4 is 10.6 Å². The fourth-order valence-electron chi connectivity index (χ4n) is 3.25. The molecule has 0 radical (unpaired) electrons. The average molecular weight is 497 g/mol. The Bertz CT molecular complexity index is 1110. The number of thioether (sulfide) groups is 1. The quantitative estimate of drug-likeness (QED) is 0.298. The van der Waals surface area contributed by atoms with E-state index in [1.807, 2.05) is 75.4 Å². The van der Waals surface area contributed by atoms with Crippen molar-refractivity contribution in [2.75, 3.05) is 0 Å². The van der Waals surface area contributed by atoms with E-state index in [9.17, 15) is 9.59 Å². The Hall–Kier alpha value is -2.90. The first-order valence-corrected chi connectivity index (χ1v) is 12.5. The Labute approximate surface area is 209 Å². The number of carbonyl (C=O) groups excluding carboxylic acids is 2.